The lowest BCUT2D eigenvalue weighted by Crippen LogP contribution is -2.23. The number of aliphatic hydroxyl groups is 1. The zero-order chi connectivity index (χ0) is 18.8. The lowest BCUT2D eigenvalue weighted by atomic mass is 10.1. The van der Waals surface area contributed by atoms with Gasteiger partial charge in [0.25, 0.3) is 0 Å². The Morgan fingerprint density at radius 1 is 1.30 bits per heavy atom. The molecule has 27 heavy (non-hydrogen) atoms. The number of nitrogens with one attached hydrogen (secondary N) is 1. The van der Waals surface area contributed by atoms with E-state index in [9.17, 15) is 9.50 Å². The van der Waals surface area contributed by atoms with Crippen molar-refractivity contribution in [3.63, 3.8) is 0 Å². The van der Waals surface area contributed by atoms with E-state index < -0.39 is 0 Å². The lowest BCUT2D eigenvalue weighted by Gasteiger charge is -2.23. The van der Waals surface area contributed by atoms with E-state index in [1.165, 1.54) is 12.1 Å². The van der Waals surface area contributed by atoms with Crippen LogP contribution in [0.1, 0.15) is 42.8 Å². The molecule has 1 unspecified atom stereocenters. The highest BCUT2D eigenvalue weighted by Gasteiger charge is 2.28. The minimum absolute atomic E-state index is 0.0399. The summed E-state index contributed by atoms with van der Waals surface area (Å²) in [6.45, 7) is 4.23. The minimum Gasteiger partial charge on any atom is -0.494 e. The number of halogens is 1. The minimum atomic E-state index is -0.258. The van der Waals surface area contributed by atoms with E-state index in [0.29, 0.717) is 6.61 Å². The summed E-state index contributed by atoms with van der Waals surface area (Å²) in [5, 5.41) is 9.62. The second kappa shape index (κ2) is 7.66. The zero-order valence-corrected chi connectivity index (χ0v) is 15.4. The molecule has 1 aliphatic heterocycles. The van der Waals surface area contributed by atoms with Gasteiger partial charge in [0.2, 0.25) is 0 Å². The van der Waals surface area contributed by atoms with Crippen LogP contribution in [0.2, 0.25) is 0 Å². The van der Waals surface area contributed by atoms with Crippen molar-refractivity contribution in [2.24, 2.45) is 0 Å². The Morgan fingerprint density at radius 2 is 2.19 bits per heavy atom. The summed E-state index contributed by atoms with van der Waals surface area (Å²) in [5.74, 6) is 1.37. The first kappa shape index (κ1) is 17.9. The maximum Gasteiger partial charge on any atom is 0.125 e. The molecule has 3 aromatic rings. The summed E-state index contributed by atoms with van der Waals surface area (Å²) in [6.07, 6.45) is 2.12. The number of nitrogens with zero attached hydrogens (tertiary/aromatic N) is 2. The number of aromatic amines is 1. The van der Waals surface area contributed by atoms with Crippen molar-refractivity contribution in [2.45, 2.75) is 39.0 Å². The number of aliphatic hydroxyl groups excluding tert-OH is 1. The number of fused-ring (bicyclic) bond motifs is 1. The Morgan fingerprint density at radius 3 is 3.00 bits per heavy atom. The fraction of sp³-hybridized carbons (Fsp3) is 0.381. The third-order valence-electron chi connectivity index (χ3n) is 5.12. The van der Waals surface area contributed by atoms with Gasteiger partial charge in [-0.2, -0.15) is 0 Å². The monoisotopic (exact) mass is 369 g/mol. The normalized spacial score (nSPS) is 17.7. The molecule has 2 heterocycles. The number of hydrogen-bond acceptors (Lipinski definition) is 4. The highest BCUT2D eigenvalue weighted by Crippen LogP contribution is 2.33. The lowest BCUT2D eigenvalue weighted by molar-refractivity contribution is 0.239. The van der Waals surface area contributed by atoms with Gasteiger partial charge in [0.1, 0.15) is 17.4 Å². The third-order valence-corrected chi connectivity index (χ3v) is 5.12. The van der Waals surface area contributed by atoms with Gasteiger partial charge in [0, 0.05) is 12.1 Å². The van der Waals surface area contributed by atoms with Gasteiger partial charge < -0.3 is 14.8 Å². The van der Waals surface area contributed by atoms with Crippen molar-refractivity contribution in [3.8, 4) is 5.75 Å². The van der Waals surface area contributed by atoms with Crippen LogP contribution in [0.5, 0.6) is 5.75 Å². The second-order valence-electron chi connectivity index (χ2n) is 6.95. The number of ether oxygens (including phenoxy) is 1. The van der Waals surface area contributed by atoms with E-state index in [4.69, 9.17) is 4.74 Å². The van der Waals surface area contributed by atoms with E-state index in [2.05, 4.69) is 14.9 Å². The molecule has 2 N–H and O–H groups in total. The maximum absolute atomic E-state index is 13.5. The summed E-state index contributed by atoms with van der Waals surface area (Å²) >= 11 is 0. The van der Waals surface area contributed by atoms with Crippen LogP contribution in [-0.2, 0) is 13.2 Å². The molecule has 5 nitrogen and oxygen atoms in total. The van der Waals surface area contributed by atoms with Gasteiger partial charge >= 0.3 is 0 Å². The molecule has 4 rings (SSSR count). The Bertz CT molecular complexity index is 940. The van der Waals surface area contributed by atoms with Gasteiger partial charge in [-0.05, 0) is 62.2 Å². The van der Waals surface area contributed by atoms with Crippen molar-refractivity contribution in [3.05, 3.63) is 59.2 Å². The number of H-pyrrole nitrogens is 1. The van der Waals surface area contributed by atoms with Crippen LogP contribution in [0.15, 0.2) is 36.4 Å². The quantitative estimate of drug-likeness (QED) is 0.691. The number of likely N-dealkylation sites (tertiary alicyclic amines) is 1. The number of imidazole rings is 1. The summed E-state index contributed by atoms with van der Waals surface area (Å²) in [4.78, 5) is 10.3. The van der Waals surface area contributed by atoms with E-state index in [1.807, 2.05) is 25.1 Å². The standard InChI is InChI=1S/C21H24FN3O2/c1-2-27-20-8-5-14(10-15(20)13-26)12-25-9-3-4-19(25)21-23-17-7-6-16(22)11-18(17)24-21/h5-8,10-11,19,26H,2-4,9,12-13H2,1H3,(H,23,24). The molecular formula is C21H24FN3O2. The van der Waals surface area contributed by atoms with E-state index >= 15 is 0 Å². The fourth-order valence-electron chi connectivity index (χ4n) is 3.87. The largest absolute Gasteiger partial charge is 0.494 e. The zero-order valence-electron chi connectivity index (χ0n) is 15.4. The van der Waals surface area contributed by atoms with E-state index in [-0.39, 0.29) is 18.5 Å². The first-order chi connectivity index (χ1) is 13.2. The van der Waals surface area contributed by atoms with Crippen LogP contribution in [0.4, 0.5) is 4.39 Å². The van der Waals surface area contributed by atoms with Gasteiger partial charge in [-0.15, -0.1) is 0 Å². The molecule has 6 heteroatoms. The van der Waals surface area contributed by atoms with Crippen LogP contribution in [0.25, 0.3) is 11.0 Å². The molecule has 1 saturated heterocycles. The van der Waals surface area contributed by atoms with Gasteiger partial charge in [0.15, 0.2) is 0 Å². The maximum atomic E-state index is 13.5. The number of aromatic nitrogens is 2. The molecule has 1 fully saturated rings. The van der Waals surface area contributed by atoms with Gasteiger partial charge in [0.05, 0.1) is 30.3 Å². The molecule has 1 aromatic heterocycles. The Labute approximate surface area is 157 Å². The molecule has 0 spiro atoms. The molecule has 0 aliphatic carbocycles. The summed E-state index contributed by atoms with van der Waals surface area (Å²) in [6, 6.07) is 10.8. The number of rotatable bonds is 6. The Kier molecular flexibility index (Phi) is 5.09. The van der Waals surface area contributed by atoms with Crippen molar-refractivity contribution < 1.29 is 14.2 Å². The second-order valence-corrected chi connectivity index (χ2v) is 6.95. The third kappa shape index (κ3) is 3.68. The smallest absolute Gasteiger partial charge is 0.125 e. The predicted molar refractivity (Wildman–Crippen MR) is 102 cm³/mol. The first-order valence-electron chi connectivity index (χ1n) is 9.42. The Balaban J connectivity index is 1.56. The molecule has 2 aromatic carbocycles. The van der Waals surface area contributed by atoms with Crippen molar-refractivity contribution >= 4 is 11.0 Å². The molecule has 1 atom stereocenters. The van der Waals surface area contributed by atoms with Crippen LogP contribution >= 0.6 is 0 Å². The summed E-state index contributed by atoms with van der Waals surface area (Å²) in [5.41, 5.74) is 3.48. The first-order valence-corrected chi connectivity index (χ1v) is 9.42. The molecule has 0 radical (unpaired) electrons. The topological polar surface area (TPSA) is 61.4 Å². The average molecular weight is 369 g/mol. The van der Waals surface area contributed by atoms with Gasteiger partial charge in [-0.1, -0.05) is 6.07 Å². The molecule has 142 valence electrons. The van der Waals surface area contributed by atoms with E-state index in [0.717, 1.165) is 59.7 Å². The van der Waals surface area contributed by atoms with Crippen LogP contribution in [0, 0.1) is 5.82 Å². The predicted octanol–water partition coefficient (Wildman–Crippen LogP) is 3.93. The fourth-order valence-corrected chi connectivity index (χ4v) is 3.87. The molecular weight excluding hydrogens is 345 g/mol. The van der Waals surface area contributed by atoms with Crippen LogP contribution in [-0.4, -0.2) is 33.1 Å². The van der Waals surface area contributed by atoms with Crippen LogP contribution in [0.3, 0.4) is 0 Å². The van der Waals surface area contributed by atoms with Crippen molar-refractivity contribution in [1.82, 2.24) is 14.9 Å². The van der Waals surface area contributed by atoms with Crippen molar-refractivity contribution in [2.75, 3.05) is 13.2 Å². The molecule has 0 bridgehead atoms. The molecule has 1 aliphatic rings. The van der Waals surface area contributed by atoms with Crippen LogP contribution < -0.4 is 4.74 Å². The number of hydrogen-bond donors (Lipinski definition) is 2. The van der Waals surface area contributed by atoms with Gasteiger partial charge in [-0.25, -0.2) is 9.37 Å². The Hall–Kier alpha value is -2.44. The molecule has 0 amide bonds. The SMILES string of the molecule is CCOc1ccc(CN2CCCC2c2nc3ccc(F)cc3[nH]2)cc1CO. The average Bonchev–Trinajstić information content (AvgIpc) is 3.29. The highest BCUT2D eigenvalue weighted by molar-refractivity contribution is 5.75. The van der Waals surface area contributed by atoms with Gasteiger partial charge in [-0.3, -0.25) is 4.90 Å². The van der Waals surface area contributed by atoms with E-state index in [1.54, 1.807) is 6.07 Å². The highest BCUT2D eigenvalue weighted by atomic mass is 19.1. The molecule has 0 saturated carbocycles. The number of benzene rings is 2. The summed E-state index contributed by atoms with van der Waals surface area (Å²) < 4.78 is 19.0. The van der Waals surface area contributed by atoms with Crippen molar-refractivity contribution in [1.29, 1.82) is 0 Å². The summed E-state index contributed by atoms with van der Waals surface area (Å²) in [7, 11) is 0.